The van der Waals surface area contributed by atoms with Crippen molar-refractivity contribution >= 4 is 0 Å². The van der Waals surface area contributed by atoms with Gasteiger partial charge in [0.15, 0.2) is 0 Å². The van der Waals surface area contributed by atoms with Crippen LogP contribution in [-0.4, -0.2) is 24.3 Å². The molecule has 2 heteroatoms. The van der Waals surface area contributed by atoms with E-state index in [2.05, 4.69) is 19.2 Å². The molecule has 0 radical (unpaired) electrons. The lowest BCUT2D eigenvalue weighted by atomic mass is 9.74. The van der Waals surface area contributed by atoms with E-state index < -0.39 is 0 Å². The van der Waals surface area contributed by atoms with Gasteiger partial charge in [0, 0.05) is 18.7 Å². The van der Waals surface area contributed by atoms with E-state index in [4.69, 9.17) is 4.74 Å². The van der Waals surface area contributed by atoms with Crippen molar-refractivity contribution < 1.29 is 4.74 Å². The molecule has 1 heterocycles. The smallest absolute Gasteiger partial charge is 0.0697 e. The quantitative estimate of drug-likeness (QED) is 0.775. The average Bonchev–Trinajstić information content (AvgIpc) is 2.27. The summed E-state index contributed by atoms with van der Waals surface area (Å²) in [5.41, 5.74) is 0.292. The van der Waals surface area contributed by atoms with E-state index >= 15 is 0 Å². The number of rotatable bonds is 5. The van der Waals surface area contributed by atoms with Crippen molar-refractivity contribution in [3.63, 3.8) is 0 Å². The third-order valence-electron chi connectivity index (χ3n) is 4.36. The van der Waals surface area contributed by atoms with Gasteiger partial charge >= 0.3 is 0 Å². The SMILES string of the molecule is CCCC(CC)NC1CCOC2(CCC2)C1. The summed E-state index contributed by atoms with van der Waals surface area (Å²) in [7, 11) is 0. The monoisotopic (exact) mass is 225 g/mol. The van der Waals surface area contributed by atoms with Crippen molar-refractivity contribution in [3.8, 4) is 0 Å². The molecule has 1 aliphatic carbocycles. The number of hydrogen-bond donors (Lipinski definition) is 1. The van der Waals surface area contributed by atoms with E-state index in [1.54, 1.807) is 0 Å². The molecule has 1 spiro atoms. The molecule has 2 aliphatic rings. The van der Waals surface area contributed by atoms with Crippen LogP contribution in [0.15, 0.2) is 0 Å². The summed E-state index contributed by atoms with van der Waals surface area (Å²) < 4.78 is 5.97. The molecule has 2 atom stereocenters. The fourth-order valence-corrected chi connectivity index (χ4v) is 3.18. The Bertz CT molecular complexity index is 213. The van der Waals surface area contributed by atoms with Crippen LogP contribution in [0, 0.1) is 0 Å². The lowest BCUT2D eigenvalue weighted by Crippen LogP contribution is -2.52. The third kappa shape index (κ3) is 2.78. The minimum atomic E-state index is 0.292. The molecule has 0 aromatic rings. The second-order valence-corrected chi connectivity index (χ2v) is 5.64. The topological polar surface area (TPSA) is 21.3 Å². The van der Waals surface area contributed by atoms with Crippen LogP contribution >= 0.6 is 0 Å². The number of ether oxygens (including phenoxy) is 1. The van der Waals surface area contributed by atoms with E-state index in [1.807, 2.05) is 0 Å². The van der Waals surface area contributed by atoms with Crippen LogP contribution in [-0.2, 0) is 4.74 Å². The molecular formula is C14H27NO. The second kappa shape index (κ2) is 5.50. The number of hydrogen-bond acceptors (Lipinski definition) is 2. The maximum absolute atomic E-state index is 5.97. The second-order valence-electron chi connectivity index (χ2n) is 5.64. The Kier molecular flexibility index (Phi) is 4.26. The fourth-order valence-electron chi connectivity index (χ4n) is 3.18. The highest BCUT2D eigenvalue weighted by Crippen LogP contribution is 2.42. The summed E-state index contributed by atoms with van der Waals surface area (Å²) in [5.74, 6) is 0. The van der Waals surface area contributed by atoms with Crippen molar-refractivity contribution in [2.75, 3.05) is 6.61 Å². The predicted molar refractivity (Wildman–Crippen MR) is 67.7 cm³/mol. The van der Waals surface area contributed by atoms with Gasteiger partial charge in [-0.05, 0) is 44.9 Å². The molecule has 2 unspecified atom stereocenters. The molecule has 1 saturated carbocycles. The Balaban J connectivity index is 1.80. The normalized spacial score (nSPS) is 30.0. The molecule has 0 amide bonds. The molecule has 1 N–H and O–H groups in total. The molecule has 2 rings (SSSR count). The Morgan fingerprint density at radius 1 is 1.38 bits per heavy atom. The maximum atomic E-state index is 5.97. The lowest BCUT2D eigenvalue weighted by molar-refractivity contribution is -0.136. The zero-order chi connectivity index (χ0) is 11.4. The molecule has 1 saturated heterocycles. The minimum absolute atomic E-state index is 0.292. The summed E-state index contributed by atoms with van der Waals surface area (Å²) in [6.45, 7) is 5.55. The van der Waals surface area contributed by atoms with Gasteiger partial charge in [0.1, 0.15) is 0 Å². The molecule has 16 heavy (non-hydrogen) atoms. The molecule has 94 valence electrons. The average molecular weight is 225 g/mol. The van der Waals surface area contributed by atoms with Crippen molar-refractivity contribution in [2.45, 2.75) is 82.9 Å². The van der Waals surface area contributed by atoms with Gasteiger partial charge in [-0.3, -0.25) is 0 Å². The van der Waals surface area contributed by atoms with E-state index in [0.29, 0.717) is 11.6 Å². The van der Waals surface area contributed by atoms with Crippen molar-refractivity contribution in [2.24, 2.45) is 0 Å². The van der Waals surface area contributed by atoms with Gasteiger partial charge in [-0.25, -0.2) is 0 Å². The molecular weight excluding hydrogens is 198 g/mol. The molecule has 1 aliphatic heterocycles. The van der Waals surface area contributed by atoms with Crippen LogP contribution in [0.5, 0.6) is 0 Å². The van der Waals surface area contributed by atoms with Crippen LogP contribution in [0.2, 0.25) is 0 Å². The third-order valence-corrected chi connectivity index (χ3v) is 4.36. The Morgan fingerprint density at radius 3 is 2.75 bits per heavy atom. The van der Waals surface area contributed by atoms with Crippen molar-refractivity contribution in [3.05, 3.63) is 0 Å². The first-order chi connectivity index (χ1) is 7.78. The highest BCUT2D eigenvalue weighted by Gasteiger charge is 2.42. The van der Waals surface area contributed by atoms with Crippen molar-refractivity contribution in [1.29, 1.82) is 0 Å². The Morgan fingerprint density at radius 2 is 2.19 bits per heavy atom. The van der Waals surface area contributed by atoms with Gasteiger partial charge in [-0.1, -0.05) is 20.3 Å². The first-order valence-electron chi connectivity index (χ1n) is 7.18. The van der Waals surface area contributed by atoms with Crippen molar-refractivity contribution in [1.82, 2.24) is 5.32 Å². The Hall–Kier alpha value is -0.0800. The van der Waals surface area contributed by atoms with Crippen LogP contribution in [0.25, 0.3) is 0 Å². The van der Waals surface area contributed by atoms with E-state index in [0.717, 1.165) is 12.6 Å². The minimum Gasteiger partial charge on any atom is -0.375 e. The maximum Gasteiger partial charge on any atom is 0.0697 e. The highest BCUT2D eigenvalue weighted by molar-refractivity contribution is 4.96. The van der Waals surface area contributed by atoms with Crippen LogP contribution in [0.3, 0.4) is 0 Å². The van der Waals surface area contributed by atoms with Crippen LogP contribution in [0.4, 0.5) is 0 Å². The summed E-state index contributed by atoms with van der Waals surface area (Å²) in [4.78, 5) is 0. The van der Waals surface area contributed by atoms with Gasteiger partial charge in [0.25, 0.3) is 0 Å². The first-order valence-corrected chi connectivity index (χ1v) is 7.18. The lowest BCUT2D eigenvalue weighted by Gasteiger charge is -2.48. The molecule has 0 bridgehead atoms. The standard InChI is InChI=1S/C14H27NO/c1-3-6-12(4-2)15-13-7-10-16-14(11-13)8-5-9-14/h12-13,15H,3-11H2,1-2H3. The summed E-state index contributed by atoms with van der Waals surface area (Å²) in [5, 5.41) is 3.85. The van der Waals surface area contributed by atoms with E-state index in [-0.39, 0.29) is 0 Å². The molecule has 2 nitrogen and oxygen atoms in total. The van der Waals surface area contributed by atoms with Gasteiger partial charge < -0.3 is 10.1 Å². The van der Waals surface area contributed by atoms with E-state index in [1.165, 1.54) is 51.4 Å². The molecule has 2 fully saturated rings. The fraction of sp³-hybridized carbons (Fsp3) is 1.00. The summed E-state index contributed by atoms with van der Waals surface area (Å²) in [6.07, 6.45) is 10.3. The predicted octanol–water partition coefficient (Wildman–Crippen LogP) is 3.26. The molecule has 0 aromatic heterocycles. The van der Waals surface area contributed by atoms with Crippen LogP contribution < -0.4 is 5.32 Å². The van der Waals surface area contributed by atoms with Gasteiger partial charge in [-0.15, -0.1) is 0 Å². The number of nitrogens with one attached hydrogen (secondary N) is 1. The largest absolute Gasteiger partial charge is 0.375 e. The van der Waals surface area contributed by atoms with Gasteiger partial charge in [0.2, 0.25) is 0 Å². The Labute approximate surface area is 100 Å². The van der Waals surface area contributed by atoms with Crippen LogP contribution in [0.1, 0.15) is 65.2 Å². The molecule has 0 aromatic carbocycles. The summed E-state index contributed by atoms with van der Waals surface area (Å²) >= 11 is 0. The zero-order valence-corrected chi connectivity index (χ0v) is 10.9. The van der Waals surface area contributed by atoms with Gasteiger partial charge in [-0.2, -0.15) is 0 Å². The summed E-state index contributed by atoms with van der Waals surface area (Å²) in [6, 6.07) is 1.44. The zero-order valence-electron chi connectivity index (χ0n) is 10.9. The highest BCUT2D eigenvalue weighted by atomic mass is 16.5. The van der Waals surface area contributed by atoms with E-state index in [9.17, 15) is 0 Å². The van der Waals surface area contributed by atoms with Gasteiger partial charge in [0.05, 0.1) is 5.60 Å². The first kappa shape index (κ1) is 12.4.